The molecule has 0 spiro atoms. The lowest BCUT2D eigenvalue weighted by molar-refractivity contribution is -0.124. The highest BCUT2D eigenvalue weighted by Crippen LogP contribution is 2.26. The van der Waals surface area contributed by atoms with Gasteiger partial charge in [-0.05, 0) is 31.4 Å². The van der Waals surface area contributed by atoms with Crippen LogP contribution in [0, 0.1) is 5.92 Å². The van der Waals surface area contributed by atoms with Crippen molar-refractivity contribution in [1.29, 1.82) is 0 Å². The van der Waals surface area contributed by atoms with E-state index in [1.165, 1.54) is 0 Å². The summed E-state index contributed by atoms with van der Waals surface area (Å²) >= 11 is 0. The zero-order chi connectivity index (χ0) is 14.7. The second kappa shape index (κ2) is 6.14. The Morgan fingerprint density at radius 1 is 1.33 bits per heavy atom. The van der Waals surface area contributed by atoms with Crippen LogP contribution in [0.3, 0.4) is 0 Å². The van der Waals surface area contributed by atoms with Crippen LogP contribution in [0.25, 0.3) is 0 Å². The van der Waals surface area contributed by atoms with Crippen LogP contribution in [0.2, 0.25) is 0 Å². The molecule has 3 N–H and O–H groups in total. The van der Waals surface area contributed by atoms with E-state index < -0.39 is 0 Å². The second-order valence-corrected chi connectivity index (χ2v) is 5.62. The maximum atomic E-state index is 12.5. The topological polar surface area (TPSA) is 53.2 Å². The highest BCUT2D eigenvalue weighted by Gasteiger charge is 2.36. The Morgan fingerprint density at radius 2 is 2.14 bits per heavy atom. The van der Waals surface area contributed by atoms with Crippen LogP contribution in [0.1, 0.15) is 31.4 Å². The first-order chi connectivity index (χ1) is 10.3. The lowest BCUT2D eigenvalue weighted by atomic mass is 9.93. The molecule has 2 aliphatic rings. The van der Waals surface area contributed by atoms with Gasteiger partial charge < -0.3 is 10.7 Å². The third-order valence-corrected chi connectivity index (χ3v) is 4.17. The molecule has 1 aromatic carbocycles. The summed E-state index contributed by atoms with van der Waals surface area (Å²) in [5.74, 6) is 0.275. The van der Waals surface area contributed by atoms with Crippen LogP contribution in [0.15, 0.2) is 54.3 Å². The zero-order valence-corrected chi connectivity index (χ0v) is 12.2. The Bertz CT molecular complexity index is 565. The van der Waals surface area contributed by atoms with E-state index in [-0.39, 0.29) is 23.9 Å². The molecule has 1 aliphatic carbocycles. The van der Waals surface area contributed by atoms with Gasteiger partial charge in [-0.15, -0.1) is 0 Å². The molecule has 0 radical (unpaired) electrons. The molecule has 1 aliphatic heterocycles. The minimum absolute atomic E-state index is 0.0115. The number of amides is 1. The van der Waals surface area contributed by atoms with Crippen molar-refractivity contribution in [2.45, 2.75) is 31.8 Å². The monoisotopic (exact) mass is 283 g/mol. The highest BCUT2D eigenvalue weighted by atomic mass is 16.2. The summed E-state index contributed by atoms with van der Waals surface area (Å²) in [6, 6.07) is 9.84. The molecule has 0 aromatic heterocycles. The Labute approximate surface area is 125 Å². The number of benzene rings is 1. The first-order valence-corrected chi connectivity index (χ1v) is 7.49. The van der Waals surface area contributed by atoms with Crippen molar-refractivity contribution >= 4 is 5.91 Å². The number of allylic oxidation sites excluding steroid dienone is 3. The molecule has 2 unspecified atom stereocenters. The Hall–Kier alpha value is -2.07. The molecule has 0 bridgehead atoms. The minimum Gasteiger partial charge on any atom is -0.348 e. The van der Waals surface area contributed by atoms with E-state index >= 15 is 0 Å². The second-order valence-electron chi connectivity index (χ2n) is 5.62. The first kappa shape index (κ1) is 13.9. The van der Waals surface area contributed by atoms with Gasteiger partial charge in [0.25, 0.3) is 0 Å². The summed E-state index contributed by atoms with van der Waals surface area (Å²) in [4.78, 5) is 12.5. The van der Waals surface area contributed by atoms with Gasteiger partial charge in [0.05, 0.1) is 6.04 Å². The van der Waals surface area contributed by atoms with E-state index in [4.69, 9.17) is 0 Å². The molecule has 4 nitrogen and oxygen atoms in total. The molecule has 3 atom stereocenters. The van der Waals surface area contributed by atoms with Gasteiger partial charge in [0.2, 0.25) is 5.91 Å². The molecule has 1 fully saturated rings. The molecule has 1 heterocycles. The van der Waals surface area contributed by atoms with Crippen molar-refractivity contribution in [3.8, 4) is 0 Å². The summed E-state index contributed by atoms with van der Waals surface area (Å²) in [6.45, 7) is 2.01. The van der Waals surface area contributed by atoms with Crippen molar-refractivity contribution in [3.05, 3.63) is 59.8 Å². The number of nitrogens with one attached hydrogen (secondary N) is 3. The summed E-state index contributed by atoms with van der Waals surface area (Å²) in [5, 5.41) is 3.10. The molecule has 1 aromatic rings. The van der Waals surface area contributed by atoms with Gasteiger partial charge in [0.1, 0.15) is 6.04 Å². The predicted molar refractivity (Wildman–Crippen MR) is 83.0 cm³/mol. The predicted octanol–water partition coefficient (Wildman–Crippen LogP) is 2.19. The average molecular weight is 283 g/mol. The summed E-state index contributed by atoms with van der Waals surface area (Å²) < 4.78 is 0. The van der Waals surface area contributed by atoms with E-state index in [1.54, 1.807) is 0 Å². The van der Waals surface area contributed by atoms with Crippen LogP contribution in [0.5, 0.6) is 0 Å². The Morgan fingerprint density at radius 3 is 2.95 bits per heavy atom. The molecule has 4 heteroatoms. The fourth-order valence-corrected chi connectivity index (χ4v) is 2.94. The lowest BCUT2D eigenvalue weighted by Gasteiger charge is -2.20. The van der Waals surface area contributed by atoms with E-state index in [0.717, 1.165) is 24.1 Å². The fraction of sp³-hybridized carbons (Fsp3) is 0.353. The quantitative estimate of drug-likeness (QED) is 0.797. The number of hydrogen-bond donors (Lipinski definition) is 3. The summed E-state index contributed by atoms with van der Waals surface area (Å²) in [7, 11) is 0. The van der Waals surface area contributed by atoms with Gasteiger partial charge in [-0.3, -0.25) is 4.79 Å². The van der Waals surface area contributed by atoms with Gasteiger partial charge in [0.15, 0.2) is 0 Å². The number of hydrogen-bond acceptors (Lipinski definition) is 3. The van der Waals surface area contributed by atoms with Crippen LogP contribution >= 0.6 is 0 Å². The third-order valence-electron chi connectivity index (χ3n) is 4.17. The fourth-order valence-electron chi connectivity index (χ4n) is 2.94. The van der Waals surface area contributed by atoms with Gasteiger partial charge in [-0.2, -0.15) is 0 Å². The number of hydrazine groups is 1. The van der Waals surface area contributed by atoms with E-state index in [0.29, 0.717) is 0 Å². The Kier molecular flexibility index (Phi) is 4.06. The number of rotatable bonds is 3. The summed E-state index contributed by atoms with van der Waals surface area (Å²) in [6.07, 6.45) is 8.25. The number of fused-ring (bicyclic) bond motifs is 1. The van der Waals surface area contributed by atoms with Gasteiger partial charge in [0, 0.05) is 11.6 Å². The van der Waals surface area contributed by atoms with E-state index in [1.807, 2.05) is 37.3 Å². The van der Waals surface area contributed by atoms with Crippen LogP contribution in [-0.4, -0.2) is 11.9 Å². The largest absolute Gasteiger partial charge is 0.348 e. The molecular formula is C17H21N3O. The SMILES string of the molecule is C[C@H](NC(=O)C1NNC2=CC=CCCC21)c1ccccc1. The van der Waals surface area contributed by atoms with Crippen LogP contribution in [0.4, 0.5) is 0 Å². The number of carbonyl (C=O) groups excluding carboxylic acids is 1. The van der Waals surface area contributed by atoms with Crippen molar-refractivity contribution in [2.24, 2.45) is 5.92 Å². The minimum atomic E-state index is -0.206. The smallest absolute Gasteiger partial charge is 0.240 e. The van der Waals surface area contributed by atoms with Gasteiger partial charge in [-0.25, -0.2) is 5.43 Å². The standard InChI is InChI=1S/C17H21N3O/c1-12(13-8-4-2-5-9-13)18-17(21)16-14-10-6-3-7-11-15(14)19-20-16/h2-5,7-9,11-12,14,16,19-20H,6,10H2,1H3,(H,18,21)/t12-,14?,16?/m0/s1. The maximum absolute atomic E-state index is 12.5. The van der Waals surface area contributed by atoms with Crippen LogP contribution in [-0.2, 0) is 4.79 Å². The van der Waals surface area contributed by atoms with Gasteiger partial charge in [-0.1, -0.05) is 42.5 Å². The van der Waals surface area contributed by atoms with Gasteiger partial charge >= 0.3 is 0 Å². The normalized spacial score (nSPS) is 25.3. The van der Waals surface area contributed by atoms with Crippen LogP contribution < -0.4 is 16.2 Å². The lowest BCUT2D eigenvalue weighted by Crippen LogP contribution is -2.46. The third kappa shape index (κ3) is 3.00. The molecular weight excluding hydrogens is 262 g/mol. The van der Waals surface area contributed by atoms with E-state index in [9.17, 15) is 4.79 Å². The van der Waals surface area contributed by atoms with Crippen molar-refractivity contribution in [1.82, 2.24) is 16.2 Å². The molecule has 21 heavy (non-hydrogen) atoms. The van der Waals surface area contributed by atoms with Crippen molar-refractivity contribution in [2.75, 3.05) is 0 Å². The molecule has 0 saturated carbocycles. The molecule has 1 saturated heterocycles. The number of carbonyl (C=O) groups is 1. The molecule has 3 rings (SSSR count). The molecule has 110 valence electrons. The van der Waals surface area contributed by atoms with Crippen molar-refractivity contribution in [3.63, 3.8) is 0 Å². The first-order valence-electron chi connectivity index (χ1n) is 7.49. The maximum Gasteiger partial charge on any atom is 0.240 e. The molecule has 1 amide bonds. The van der Waals surface area contributed by atoms with E-state index in [2.05, 4.69) is 34.4 Å². The Balaban J connectivity index is 1.66. The highest BCUT2D eigenvalue weighted by molar-refractivity contribution is 5.83. The van der Waals surface area contributed by atoms with Crippen molar-refractivity contribution < 1.29 is 4.79 Å². The average Bonchev–Trinajstić information content (AvgIpc) is 2.77. The summed E-state index contributed by atoms with van der Waals surface area (Å²) in [5.41, 5.74) is 8.49. The zero-order valence-electron chi connectivity index (χ0n) is 12.2.